The average Bonchev–Trinajstić information content (AvgIpc) is 2.54. The molecule has 0 saturated carbocycles. The largest absolute Gasteiger partial charge is 0.481 e. The van der Waals surface area contributed by atoms with E-state index in [9.17, 15) is 9.59 Å². The van der Waals surface area contributed by atoms with E-state index in [4.69, 9.17) is 10.2 Å². The molecular formula is C20H22O4. The van der Waals surface area contributed by atoms with Crippen LogP contribution in [-0.2, 0) is 11.2 Å². The number of carboxylic acids is 2. The van der Waals surface area contributed by atoms with Gasteiger partial charge < -0.3 is 10.2 Å². The predicted molar refractivity (Wildman–Crippen MR) is 93.1 cm³/mol. The summed E-state index contributed by atoms with van der Waals surface area (Å²) in [5, 5.41) is 18.1. The Hall–Kier alpha value is -2.62. The maximum absolute atomic E-state index is 11.1. The van der Waals surface area contributed by atoms with E-state index in [1.807, 2.05) is 44.2 Å². The minimum atomic E-state index is -0.943. The summed E-state index contributed by atoms with van der Waals surface area (Å²) in [7, 11) is 0. The Labute approximate surface area is 141 Å². The van der Waals surface area contributed by atoms with E-state index in [1.165, 1.54) is 0 Å². The van der Waals surface area contributed by atoms with Gasteiger partial charge in [0.25, 0.3) is 0 Å². The number of carbonyl (C=O) groups is 2. The van der Waals surface area contributed by atoms with Crippen molar-refractivity contribution < 1.29 is 19.8 Å². The second kappa shape index (κ2) is 7.77. The Bertz CT molecular complexity index is 717. The molecule has 0 heterocycles. The normalized spacial score (nSPS) is 12.1. The lowest BCUT2D eigenvalue weighted by molar-refractivity contribution is -0.138. The topological polar surface area (TPSA) is 74.6 Å². The van der Waals surface area contributed by atoms with E-state index < -0.39 is 11.9 Å². The average molecular weight is 326 g/mol. The van der Waals surface area contributed by atoms with Gasteiger partial charge >= 0.3 is 11.9 Å². The van der Waals surface area contributed by atoms with Gasteiger partial charge in [0.1, 0.15) is 0 Å². The molecule has 0 aromatic heterocycles. The van der Waals surface area contributed by atoms with Gasteiger partial charge in [-0.1, -0.05) is 50.2 Å². The molecule has 2 aromatic rings. The van der Waals surface area contributed by atoms with Gasteiger partial charge in [0.2, 0.25) is 0 Å². The van der Waals surface area contributed by atoms with Gasteiger partial charge in [-0.2, -0.15) is 0 Å². The summed E-state index contributed by atoms with van der Waals surface area (Å²) in [4.78, 5) is 22.0. The van der Waals surface area contributed by atoms with Crippen molar-refractivity contribution in [1.82, 2.24) is 0 Å². The summed E-state index contributed by atoms with van der Waals surface area (Å²) in [6.45, 7) is 4.08. The summed E-state index contributed by atoms with van der Waals surface area (Å²) in [6, 6.07) is 14.7. The van der Waals surface area contributed by atoms with Crippen molar-refractivity contribution >= 4 is 11.9 Å². The standard InChI is InChI=1S/C20H22O4/c1-13(2)18(12-19(21)22)10-14-6-8-15(9-7-14)16-4-3-5-17(11-16)20(23)24/h3-9,11,13,18H,10,12H2,1-2H3,(H,21,22)(H,23,24). The SMILES string of the molecule is CC(C)C(CC(=O)O)Cc1ccc(-c2cccc(C(=O)O)c2)cc1. The quantitative estimate of drug-likeness (QED) is 0.793. The second-order valence-electron chi connectivity index (χ2n) is 6.39. The first-order chi connectivity index (χ1) is 11.4. The van der Waals surface area contributed by atoms with Gasteiger partial charge in [-0.3, -0.25) is 4.79 Å². The fourth-order valence-electron chi connectivity index (χ4n) is 2.74. The Kier molecular flexibility index (Phi) is 5.74. The van der Waals surface area contributed by atoms with Crippen LogP contribution in [0.4, 0.5) is 0 Å². The Morgan fingerprint density at radius 3 is 2.17 bits per heavy atom. The highest BCUT2D eigenvalue weighted by Gasteiger charge is 2.17. The molecule has 4 nitrogen and oxygen atoms in total. The van der Waals surface area contributed by atoms with Crippen molar-refractivity contribution in [1.29, 1.82) is 0 Å². The van der Waals surface area contributed by atoms with Crippen LogP contribution in [0.3, 0.4) is 0 Å². The van der Waals surface area contributed by atoms with Crippen LogP contribution >= 0.6 is 0 Å². The van der Waals surface area contributed by atoms with Crippen LogP contribution in [0.5, 0.6) is 0 Å². The molecule has 2 aromatic carbocycles. The molecule has 0 spiro atoms. The molecule has 1 unspecified atom stereocenters. The minimum absolute atomic E-state index is 0.101. The fraction of sp³-hybridized carbons (Fsp3) is 0.300. The first-order valence-electron chi connectivity index (χ1n) is 8.01. The number of benzene rings is 2. The molecule has 0 saturated heterocycles. The van der Waals surface area contributed by atoms with E-state index in [2.05, 4.69) is 0 Å². The number of carboxylic acid groups (broad SMARTS) is 2. The molecule has 1 atom stereocenters. The molecule has 2 N–H and O–H groups in total. The lowest BCUT2D eigenvalue weighted by Gasteiger charge is -2.19. The second-order valence-corrected chi connectivity index (χ2v) is 6.39. The zero-order valence-electron chi connectivity index (χ0n) is 13.9. The minimum Gasteiger partial charge on any atom is -0.481 e. The first-order valence-corrected chi connectivity index (χ1v) is 8.01. The highest BCUT2D eigenvalue weighted by atomic mass is 16.4. The molecule has 0 aliphatic heterocycles. The molecule has 0 aliphatic rings. The molecule has 24 heavy (non-hydrogen) atoms. The molecular weight excluding hydrogens is 304 g/mol. The summed E-state index contributed by atoms with van der Waals surface area (Å²) in [6.07, 6.45) is 0.888. The van der Waals surface area contributed by atoms with Gasteiger partial charge in [0, 0.05) is 6.42 Å². The van der Waals surface area contributed by atoms with Crippen LogP contribution in [-0.4, -0.2) is 22.2 Å². The first kappa shape index (κ1) is 17.7. The summed E-state index contributed by atoms with van der Waals surface area (Å²) >= 11 is 0. The molecule has 0 radical (unpaired) electrons. The summed E-state index contributed by atoms with van der Waals surface area (Å²) in [5.74, 6) is -1.31. The van der Waals surface area contributed by atoms with E-state index in [1.54, 1.807) is 18.2 Å². The van der Waals surface area contributed by atoms with E-state index in [-0.39, 0.29) is 17.9 Å². The van der Waals surface area contributed by atoms with Gasteiger partial charge in [-0.05, 0) is 47.1 Å². The Morgan fingerprint density at radius 2 is 1.62 bits per heavy atom. The van der Waals surface area contributed by atoms with Crippen LogP contribution in [0.15, 0.2) is 48.5 Å². The molecule has 126 valence electrons. The number of aromatic carboxylic acids is 1. The predicted octanol–water partition coefficient (Wildman–Crippen LogP) is 4.34. The summed E-state index contributed by atoms with van der Waals surface area (Å²) < 4.78 is 0. The molecule has 0 fully saturated rings. The molecule has 0 aliphatic carbocycles. The van der Waals surface area contributed by atoms with E-state index in [0.717, 1.165) is 23.1 Å². The highest BCUT2D eigenvalue weighted by molar-refractivity contribution is 5.89. The monoisotopic (exact) mass is 326 g/mol. The van der Waals surface area contributed by atoms with Crippen molar-refractivity contribution in [3.63, 3.8) is 0 Å². The van der Waals surface area contributed by atoms with Crippen LogP contribution in [0, 0.1) is 11.8 Å². The van der Waals surface area contributed by atoms with Crippen molar-refractivity contribution in [3.8, 4) is 11.1 Å². The van der Waals surface area contributed by atoms with Gasteiger partial charge in [-0.15, -0.1) is 0 Å². The maximum atomic E-state index is 11.1. The lowest BCUT2D eigenvalue weighted by atomic mass is 9.86. The zero-order chi connectivity index (χ0) is 17.7. The maximum Gasteiger partial charge on any atom is 0.335 e. The number of aliphatic carboxylic acids is 1. The molecule has 0 amide bonds. The number of hydrogen-bond acceptors (Lipinski definition) is 2. The van der Waals surface area contributed by atoms with Crippen molar-refractivity contribution in [2.45, 2.75) is 26.7 Å². The van der Waals surface area contributed by atoms with Crippen LogP contribution in [0.2, 0.25) is 0 Å². The Balaban J connectivity index is 2.17. The number of hydrogen-bond donors (Lipinski definition) is 2. The lowest BCUT2D eigenvalue weighted by Crippen LogP contribution is -2.16. The third-order valence-electron chi connectivity index (χ3n) is 4.27. The molecule has 0 bridgehead atoms. The third-order valence-corrected chi connectivity index (χ3v) is 4.27. The van der Waals surface area contributed by atoms with Crippen LogP contribution in [0.1, 0.15) is 36.2 Å². The zero-order valence-corrected chi connectivity index (χ0v) is 13.9. The number of rotatable bonds is 7. The van der Waals surface area contributed by atoms with E-state index in [0.29, 0.717) is 5.92 Å². The van der Waals surface area contributed by atoms with E-state index >= 15 is 0 Å². The van der Waals surface area contributed by atoms with Crippen LogP contribution < -0.4 is 0 Å². The van der Waals surface area contributed by atoms with Crippen molar-refractivity contribution in [3.05, 3.63) is 59.7 Å². The van der Waals surface area contributed by atoms with Gasteiger partial charge in [-0.25, -0.2) is 4.79 Å². The van der Waals surface area contributed by atoms with Crippen LogP contribution in [0.25, 0.3) is 11.1 Å². The van der Waals surface area contributed by atoms with Gasteiger partial charge in [0.05, 0.1) is 5.56 Å². The smallest absolute Gasteiger partial charge is 0.335 e. The van der Waals surface area contributed by atoms with Gasteiger partial charge in [0.15, 0.2) is 0 Å². The Morgan fingerprint density at radius 1 is 0.958 bits per heavy atom. The molecule has 2 rings (SSSR count). The highest BCUT2D eigenvalue weighted by Crippen LogP contribution is 2.24. The fourth-order valence-corrected chi connectivity index (χ4v) is 2.74. The van der Waals surface area contributed by atoms with Crippen molar-refractivity contribution in [2.24, 2.45) is 11.8 Å². The third kappa shape index (κ3) is 4.69. The van der Waals surface area contributed by atoms with Crippen molar-refractivity contribution in [2.75, 3.05) is 0 Å². The summed E-state index contributed by atoms with van der Waals surface area (Å²) in [5.41, 5.74) is 3.15. The molecule has 4 heteroatoms.